The zero-order valence-corrected chi connectivity index (χ0v) is 19.8. The number of hydrogen-bond acceptors (Lipinski definition) is 6. The molecule has 2 atom stereocenters. The van der Waals surface area contributed by atoms with Gasteiger partial charge < -0.3 is 14.6 Å². The highest BCUT2D eigenvalue weighted by Gasteiger charge is 2.50. The predicted molar refractivity (Wildman–Crippen MR) is 135 cm³/mol. The lowest BCUT2D eigenvalue weighted by atomic mass is 9.86. The molecule has 35 heavy (non-hydrogen) atoms. The topological polar surface area (TPSA) is 92.2 Å². The first-order valence-electron chi connectivity index (χ1n) is 11.8. The fourth-order valence-corrected chi connectivity index (χ4v) is 3.98. The fourth-order valence-electron chi connectivity index (χ4n) is 3.98. The molecule has 182 valence electrons. The first-order chi connectivity index (χ1) is 17.1. The average molecular weight is 474 g/mol. The number of hydrogen-bond donors (Lipinski definition) is 3. The second-order valence-corrected chi connectivity index (χ2v) is 8.51. The van der Waals surface area contributed by atoms with Crippen LogP contribution in [0.3, 0.4) is 0 Å². The van der Waals surface area contributed by atoms with Gasteiger partial charge in [-0.25, -0.2) is 10.4 Å². The Labute approximate surface area is 205 Å². The lowest BCUT2D eigenvalue weighted by molar-refractivity contribution is -0.129. The van der Waals surface area contributed by atoms with E-state index in [1.807, 2.05) is 91.9 Å². The van der Waals surface area contributed by atoms with Gasteiger partial charge in [-0.2, -0.15) is 0 Å². The van der Waals surface area contributed by atoms with Crippen molar-refractivity contribution in [3.63, 3.8) is 0 Å². The first kappa shape index (κ1) is 24.4. The van der Waals surface area contributed by atoms with Crippen molar-refractivity contribution < 1.29 is 19.4 Å². The molecule has 0 bridgehead atoms. The zero-order chi connectivity index (χ0) is 24.5. The third-order valence-electron chi connectivity index (χ3n) is 5.98. The van der Waals surface area contributed by atoms with E-state index in [-0.39, 0.29) is 12.5 Å². The smallest absolute Gasteiger partial charge is 0.266 e. The zero-order valence-electron chi connectivity index (χ0n) is 19.8. The molecule has 1 heterocycles. The van der Waals surface area contributed by atoms with Crippen molar-refractivity contribution in [1.29, 1.82) is 0 Å². The third kappa shape index (κ3) is 6.07. The summed E-state index contributed by atoms with van der Waals surface area (Å²) in [6.07, 6.45) is 0.501. The molecule has 1 amide bonds. The van der Waals surface area contributed by atoms with Crippen LogP contribution in [0.25, 0.3) is 0 Å². The van der Waals surface area contributed by atoms with Gasteiger partial charge >= 0.3 is 0 Å². The second-order valence-electron chi connectivity index (χ2n) is 8.51. The van der Waals surface area contributed by atoms with Gasteiger partial charge in [-0.15, -0.1) is 0 Å². The minimum absolute atomic E-state index is 0.0897. The molecule has 1 aliphatic rings. The molecule has 1 aliphatic heterocycles. The minimum Gasteiger partial charge on any atom is -0.494 e. The summed E-state index contributed by atoms with van der Waals surface area (Å²) in [6.45, 7) is 2.91. The minimum atomic E-state index is -1.13. The van der Waals surface area contributed by atoms with Gasteiger partial charge in [0.15, 0.2) is 5.54 Å². The van der Waals surface area contributed by atoms with E-state index in [1.54, 1.807) is 0 Å². The Morgan fingerprint density at radius 3 is 2.31 bits per heavy atom. The molecule has 0 aliphatic carbocycles. The largest absolute Gasteiger partial charge is 0.494 e. The van der Waals surface area contributed by atoms with Crippen molar-refractivity contribution in [2.45, 2.75) is 38.0 Å². The number of aliphatic hydroxyl groups is 1. The molecule has 7 heteroatoms. The van der Waals surface area contributed by atoms with Crippen LogP contribution in [-0.4, -0.2) is 41.8 Å². The molecular weight excluding hydrogens is 442 g/mol. The highest BCUT2D eigenvalue weighted by atomic mass is 16.5. The Bertz CT molecular complexity index is 1120. The van der Waals surface area contributed by atoms with E-state index >= 15 is 0 Å². The molecule has 0 fully saturated rings. The first-order valence-corrected chi connectivity index (χ1v) is 11.8. The maximum atomic E-state index is 13.5. The van der Waals surface area contributed by atoms with E-state index in [0.29, 0.717) is 37.6 Å². The number of ether oxygens (including phenoxy) is 2. The van der Waals surface area contributed by atoms with Crippen LogP contribution >= 0.6 is 0 Å². The number of aliphatic hydroxyl groups excluding tert-OH is 1. The summed E-state index contributed by atoms with van der Waals surface area (Å²) in [7, 11) is 0. The van der Waals surface area contributed by atoms with Crippen LogP contribution in [0.15, 0.2) is 89.9 Å². The van der Waals surface area contributed by atoms with Crippen LogP contribution in [0.2, 0.25) is 0 Å². The van der Waals surface area contributed by atoms with Crippen LogP contribution in [0.1, 0.15) is 30.0 Å². The van der Waals surface area contributed by atoms with Crippen molar-refractivity contribution in [2.75, 3.05) is 13.2 Å². The van der Waals surface area contributed by atoms with Crippen molar-refractivity contribution in [2.24, 2.45) is 4.99 Å². The van der Waals surface area contributed by atoms with Crippen LogP contribution in [0.5, 0.6) is 5.75 Å². The van der Waals surface area contributed by atoms with Gasteiger partial charge in [0, 0.05) is 31.6 Å². The fraction of sp³-hybridized carbons (Fsp3) is 0.286. The Hall–Kier alpha value is -3.68. The van der Waals surface area contributed by atoms with Gasteiger partial charge in [-0.1, -0.05) is 60.7 Å². The molecular formula is C28H31N3O4. The lowest BCUT2D eigenvalue weighted by Gasteiger charge is -2.28. The SMILES string of the molecule is C[C@@H]1OC(c2ccc(OCCCO)cc2)=N[C@]1(Cc1ccccc1)C(=O)NNCc1ccccc1. The number of rotatable bonds is 11. The number of carbonyl (C=O) groups excluding carboxylic acids is 1. The van der Waals surface area contributed by atoms with Gasteiger partial charge in [0.25, 0.3) is 5.91 Å². The summed E-state index contributed by atoms with van der Waals surface area (Å²) >= 11 is 0. The number of benzene rings is 3. The van der Waals surface area contributed by atoms with Gasteiger partial charge in [0.2, 0.25) is 5.90 Å². The number of hydrazine groups is 1. The average Bonchev–Trinajstić information content (AvgIpc) is 3.22. The summed E-state index contributed by atoms with van der Waals surface area (Å²) in [4.78, 5) is 18.4. The van der Waals surface area contributed by atoms with Crippen molar-refractivity contribution in [3.8, 4) is 5.75 Å². The predicted octanol–water partition coefficient (Wildman–Crippen LogP) is 3.42. The van der Waals surface area contributed by atoms with Gasteiger partial charge in [-0.3, -0.25) is 10.2 Å². The van der Waals surface area contributed by atoms with E-state index in [4.69, 9.17) is 19.6 Å². The molecule has 0 saturated heterocycles. The summed E-state index contributed by atoms with van der Waals surface area (Å²) < 4.78 is 11.8. The normalized spacial score (nSPS) is 19.0. The molecule has 0 saturated carbocycles. The molecule has 3 N–H and O–H groups in total. The third-order valence-corrected chi connectivity index (χ3v) is 5.98. The Balaban J connectivity index is 1.54. The molecule has 0 radical (unpaired) electrons. The molecule has 0 aromatic heterocycles. The number of nitrogens with zero attached hydrogens (tertiary/aromatic N) is 1. The number of nitrogens with one attached hydrogen (secondary N) is 2. The Morgan fingerprint density at radius 1 is 1.00 bits per heavy atom. The molecule has 3 aromatic carbocycles. The summed E-state index contributed by atoms with van der Waals surface area (Å²) in [5.41, 5.74) is 7.60. The van der Waals surface area contributed by atoms with Crippen LogP contribution < -0.4 is 15.6 Å². The number of amides is 1. The summed E-state index contributed by atoms with van der Waals surface area (Å²) in [5.74, 6) is 0.879. The van der Waals surface area contributed by atoms with E-state index in [9.17, 15) is 4.79 Å². The number of aliphatic imine (C=N–C) groups is 1. The van der Waals surface area contributed by atoms with Crippen LogP contribution in [0, 0.1) is 0 Å². The highest BCUT2D eigenvalue weighted by molar-refractivity contribution is 6.00. The Morgan fingerprint density at radius 2 is 1.66 bits per heavy atom. The van der Waals surface area contributed by atoms with Gasteiger partial charge in [-0.05, 0) is 42.3 Å². The van der Waals surface area contributed by atoms with Gasteiger partial charge in [0.1, 0.15) is 11.9 Å². The maximum Gasteiger partial charge on any atom is 0.266 e. The summed E-state index contributed by atoms with van der Waals surface area (Å²) in [5, 5.41) is 8.92. The molecule has 7 nitrogen and oxygen atoms in total. The van der Waals surface area contributed by atoms with E-state index < -0.39 is 11.6 Å². The highest BCUT2D eigenvalue weighted by Crippen LogP contribution is 2.32. The molecule has 3 aromatic rings. The number of carbonyl (C=O) groups is 1. The maximum absolute atomic E-state index is 13.5. The van der Waals surface area contributed by atoms with Crippen LogP contribution in [-0.2, 0) is 22.5 Å². The van der Waals surface area contributed by atoms with Crippen molar-refractivity contribution in [1.82, 2.24) is 10.9 Å². The van der Waals surface area contributed by atoms with Crippen LogP contribution in [0.4, 0.5) is 0 Å². The summed E-state index contributed by atoms with van der Waals surface area (Å²) in [6, 6.07) is 27.1. The monoisotopic (exact) mass is 473 g/mol. The van der Waals surface area contributed by atoms with Crippen molar-refractivity contribution in [3.05, 3.63) is 102 Å². The van der Waals surface area contributed by atoms with E-state index in [1.165, 1.54) is 0 Å². The second kappa shape index (κ2) is 11.6. The quantitative estimate of drug-likeness (QED) is 0.293. The van der Waals surface area contributed by atoms with E-state index in [0.717, 1.165) is 16.7 Å². The lowest BCUT2D eigenvalue weighted by Crippen LogP contribution is -2.55. The Kier molecular flexibility index (Phi) is 8.13. The molecule has 0 spiro atoms. The van der Waals surface area contributed by atoms with Gasteiger partial charge in [0.05, 0.1) is 6.61 Å². The molecule has 0 unspecified atom stereocenters. The standard InChI is InChI=1S/C28H31N3O4/c1-21-28(19-22-9-4-2-5-10-22,27(33)31-29-20-23-11-6-3-7-12-23)30-26(35-21)24-13-15-25(16-14-24)34-18-8-17-32/h2-7,9-16,21,29,32H,8,17-20H2,1H3,(H,31,33)/t21-,28-/m0/s1. The molecule has 4 rings (SSSR count). The van der Waals surface area contributed by atoms with E-state index in [2.05, 4.69) is 10.9 Å². The van der Waals surface area contributed by atoms with Crippen molar-refractivity contribution >= 4 is 11.8 Å².